The van der Waals surface area contributed by atoms with Gasteiger partial charge in [-0.15, -0.1) is 0 Å². The Bertz CT molecular complexity index is 2530. The van der Waals surface area contributed by atoms with E-state index < -0.39 is 17.7 Å². The van der Waals surface area contributed by atoms with Crippen LogP contribution in [0.2, 0.25) is 0 Å². The van der Waals surface area contributed by atoms with Crippen LogP contribution in [0.4, 0.5) is 10.5 Å². The lowest BCUT2D eigenvalue weighted by Gasteiger charge is -2.42. The molecule has 0 saturated heterocycles. The molecule has 9 rings (SSSR count). The van der Waals surface area contributed by atoms with Crippen LogP contribution in [0, 0.1) is 5.92 Å². The molecular weight excluding hydrogens is 859 g/mol. The quantitative estimate of drug-likeness (QED) is 0.0625. The second kappa shape index (κ2) is 21.1. The number of fused-ring (bicyclic) bond motifs is 7. The number of rotatable bonds is 14. The number of carbonyl (C=O) groups is 3. The van der Waals surface area contributed by atoms with Gasteiger partial charge in [-0.3, -0.25) is 4.79 Å². The number of nitrogens with one attached hydrogen (secondary N) is 2. The maximum Gasteiger partial charge on any atom is 0.406 e. The summed E-state index contributed by atoms with van der Waals surface area (Å²) in [6, 6.07) is 32.0. The van der Waals surface area contributed by atoms with Crippen molar-refractivity contribution in [2.75, 3.05) is 38.3 Å². The maximum absolute atomic E-state index is 13.5. The second-order valence-corrected chi connectivity index (χ2v) is 18.9. The van der Waals surface area contributed by atoms with Crippen molar-refractivity contribution in [1.82, 2.24) is 10.6 Å². The van der Waals surface area contributed by atoms with E-state index in [9.17, 15) is 24.6 Å². The van der Waals surface area contributed by atoms with E-state index in [1.165, 1.54) is 100 Å². The number of unbranched alkanes of at least 4 members (excludes halogenated alkanes) is 2. The third-order valence-electron chi connectivity index (χ3n) is 14.3. The van der Waals surface area contributed by atoms with E-state index >= 15 is 0 Å². The number of alkyl carbamates (subject to hydrolysis) is 1. The highest BCUT2D eigenvalue weighted by atomic mass is 16.6. The number of methoxy groups -OCH3 is 1. The highest BCUT2D eigenvalue weighted by molar-refractivity contribution is 6.01. The van der Waals surface area contributed by atoms with Gasteiger partial charge in [0, 0.05) is 71.7 Å². The van der Waals surface area contributed by atoms with Crippen molar-refractivity contribution in [1.29, 1.82) is 0 Å². The van der Waals surface area contributed by atoms with Gasteiger partial charge >= 0.3 is 12.1 Å². The Morgan fingerprint density at radius 2 is 1.46 bits per heavy atom. The van der Waals surface area contributed by atoms with Crippen molar-refractivity contribution in [2.45, 2.75) is 107 Å². The molecule has 12 heteroatoms. The summed E-state index contributed by atoms with van der Waals surface area (Å²) in [5, 5.41) is 26.4. The fourth-order valence-electron chi connectivity index (χ4n) is 10.9. The van der Waals surface area contributed by atoms with Crippen LogP contribution in [0.1, 0.15) is 138 Å². The van der Waals surface area contributed by atoms with Gasteiger partial charge in [0.1, 0.15) is 28.7 Å². The number of para-hydroxylation sites is 1. The van der Waals surface area contributed by atoms with Gasteiger partial charge < -0.3 is 44.7 Å². The standard InChI is InChI=1S/C56H63N3O9/c1-65-55(64)58-35-41(31-37-30-39-14-10-11-17-50(39)59(36-37)42-15-8-5-3-2-4-6-9-16-42)38-18-23-45(24-19-38)66-29-13-7-12-28-57-53(62)40-20-25-47-46(32-40)54(63)68-56(47)48-26-21-43(60)33-51(48)67-52-34-44(61)22-27-49(52)56/h10-11,14,17-27,32-34,37,41-42,60-61H,2-9,12-13,15-16,28-31,35-36H2,1H3,(H,57,62)(H,58,64)/t37?,41-/m1/s1. The number of phenolic OH excluding ortho intramolecular Hbond substituents is 2. The number of benzene rings is 5. The molecule has 1 aliphatic carbocycles. The number of amides is 2. The number of hydrogen-bond acceptors (Lipinski definition) is 10. The predicted octanol–water partition coefficient (Wildman–Crippen LogP) is 11.0. The monoisotopic (exact) mass is 921 g/mol. The molecule has 68 heavy (non-hydrogen) atoms. The molecule has 5 aromatic carbocycles. The molecule has 356 valence electrons. The molecule has 0 bridgehead atoms. The zero-order valence-corrected chi connectivity index (χ0v) is 39.0. The third kappa shape index (κ3) is 10.1. The molecule has 4 N–H and O–H groups in total. The van der Waals surface area contributed by atoms with Crippen molar-refractivity contribution in [2.24, 2.45) is 5.92 Å². The summed E-state index contributed by atoms with van der Waals surface area (Å²) < 4.78 is 23.3. The smallest absolute Gasteiger partial charge is 0.406 e. The largest absolute Gasteiger partial charge is 0.508 e. The number of esters is 1. The number of ether oxygens (including phenoxy) is 4. The van der Waals surface area contributed by atoms with E-state index in [0.717, 1.165) is 50.0 Å². The fraction of sp³-hybridized carbons (Fsp3) is 0.411. The summed E-state index contributed by atoms with van der Waals surface area (Å²) in [6.07, 6.45) is 15.7. The summed E-state index contributed by atoms with van der Waals surface area (Å²) >= 11 is 0. The molecule has 0 radical (unpaired) electrons. The van der Waals surface area contributed by atoms with Gasteiger partial charge in [-0.1, -0.05) is 81.3 Å². The highest BCUT2D eigenvalue weighted by Gasteiger charge is 2.54. The molecular formula is C56H63N3O9. The fourth-order valence-corrected chi connectivity index (χ4v) is 10.9. The van der Waals surface area contributed by atoms with Crippen molar-refractivity contribution in [3.63, 3.8) is 0 Å². The number of hydrogen-bond donors (Lipinski definition) is 4. The van der Waals surface area contributed by atoms with Crippen LogP contribution >= 0.6 is 0 Å². The molecule has 3 aliphatic heterocycles. The van der Waals surface area contributed by atoms with Crippen LogP contribution in [-0.4, -0.2) is 67.6 Å². The van der Waals surface area contributed by atoms with Crippen molar-refractivity contribution in [3.05, 3.63) is 142 Å². The average molecular weight is 922 g/mol. The van der Waals surface area contributed by atoms with E-state index in [1.807, 2.05) is 12.1 Å². The third-order valence-corrected chi connectivity index (χ3v) is 14.3. The number of anilines is 1. The topological polar surface area (TPSA) is 156 Å². The Morgan fingerprint density at radius 3 is 2.16 bits per heavy atom. The molecule has 4 aliphatic rings. The van der Waals surface area contributed by atoms with E-state index in [-0.39, 0.29) is 40.4 Å². The van der Waals surface area contributed by atoms with Gasteiger partial charge in [0.2, 0.25) is 0 Å². The van der Waals surface area contributed by atoms with Crippen LogP contribution in [0.25, 0.3) is 0 Å². The summed E-state index contributed by atoms with van der Waals surface area (Å²) in [4.78, 5) is 41.9. The summed E-state index contributed by atoms with van der Waals surface area (Å²) in [6.45, 7) is 2.50. The van der Waals surface area contributed by atoms with Crippen LogP contribution in [0.5, 0.6) is 28.7 Å². The first-order valence-electron chi connectivity index (χ1n) is 24.6. The molecule has 1 unspecified atom stereocenters. The van der Waals surface area contributed by atoms with Crippen LogP contribution in [0.15, 0.2) is 103 Å². The van der Waals surface area contributed by atoms with E-state index in [1.54, 1.807) is 30.3 Å². The van der Waals surface area contributed by atoms with Crippen molar-refractivity contribution >= 4 is 23.7 Å². The molecule has 3 heterocycles. The van der Waals surface area contributed by atoms with E-state index in [0.29, 0.717) is 53.9 Å². The normalized spacial score (nSPS) is 17.9. The van der Waals surface area contributed by atoms with Crippen molar-refractivity contribution < 1.29 is 43.5 Å². The minimum atomic E-state index is -1.39. The molecule has 2 atom stereocenters. The lowest BCUT2D eigenvalue weighted by Crippen LogP contribution is -2.43. The van der Waals surface area contributed by atoms with E-state index in [4.69, 9.17) is 18.9 Å². The minimum Gasteiger partial charge on any atom is -0.508 e. The number of phenols is 2. The Labute approximate surface area is 399 Å². The highest BCUT2D eigenvalue weighted by Crippen LogP contribution is 2.57. The zero-order valence-electron chi connectivity index (χ0n) is 39.0. The van der Waals surface area contributed by atoms with E-state index in [2.05, 4.69) is 51.9 Å². The van der Waals surface area contributed by atoms with Crippen LogP contribution < -0.4 is 25.0 Å². The summed E-state index contributed by atoms with van der Waals surface area (Å²) in [7, 11) is 1.40. The van der Waals surface area contributed by atoms with Gasteiger partial charge in [0.05, 0.1) is 19.3 Å². The summed E-state index contributed by atoms with van der Waals surface area (Å²) in [5.74, 6) is 0.971. The molecule has 2 amide bonds. The zero-order chi connectivity index (χ0) is 47.0. The Hall–Kier alpha value is -6.69. The first-order chi connectivity index (χ1) is 33.2. The van der Waals surface area contributed by atoms with Crippen LogP contribution in [-0.2, 0) is 21.5 Å². The number of carbonyl (C=O) groups excluding carboxylic acids is 3. The molecule has 12 nitrogen and oxygen atoms in total. The average Bonchev–Trinajstić information content (AvgIpc) is 3.64. The molecule has 1 saturated carbocycles. The van der Waals surface area contributed by atoms with Gasteiger partial charge in [0.15, 0.2) is 5.60 Å². The molecule has 0 aromatic heterocycles. The van der Waals surface area contributed by atoms with Gasteiger partial charge in [-0.2, -0.15) is 0 Å². The Kier molecular flexibility index (Phi) is 14.4. The first-order valence-corrected chi connectivity index (χ1v) is 24.6. The molecule has 5 aromatic rings. The lowest BCUT2D eigenvalue weighted by atomic mass is 9.77. The second-order valence-electron chi connectivity index (χ2n) is 18.9. The SMILES string of the molecule is COC(=O)NC[C@@H](CC1Cc2ccccc2N(C2CCCCCCCCC2)C1)c1ccc(OCCCCCNC(=O)c2ccc3c(c2)C(=O)OC32c3ccc(O)cc3Oc3cc(O)ccc32)cc1. The number of aromatic hydroxyl groups is 2. The summed E-state index contributed by atoms with van der Waals surface area (Å²) in [5.41, 5.74) is 4.77. The maximum atomic E-state index is 13.5. The molecule has 1 spiro atoms. The predicted molar refractivity (Wildman–Crippen MR) is 260 cm³/mol. The lowest BCUT2D eigenvalue weighted by molar-refractivity contribution is 0.0224. The Morgan fingerprint density at radius 1 is 0.779 bits per heavy atom. The van der Waals surface area contributed by atoms with Crippen LogP contribution in [0.3, 0.4) is 0 Å². The molecule has 1 fully saturated rings. The van der Waals surface area contributed by atoms with Gasteiger partial charge in [-0.05, 0) is 117 Å². The Balaban J connectivity index is 0.771. The van der Waals surface area contributed by atoms with Gasteiger partial charge in [-0.25, -0.2) is 9.59 Å². The van der Waals surface area contributed by atoms with Crippen molar-refractivity contribution in [3.8, 4) is 28.7 Å². The minimum absolute atomic E-state index is 0.0253. The van der Waals surface area contributed by atoms with Gasteiger partial charge in [0.25, 0.3) is 5.91 Å². The first kappa shape index (κ1) is 46.4. The number of nitrogens with zero attached hydrogens (tertiary/aromatic N) is 1.